The summed E-state index contributed by atoms with van der Waals surface area (Å²) >= 11 is 0. The molecule has 6 nitrogen and oxygen atoms in total. The lowest BCUT2D eigenvalue weighted by Crippen LogP contribution is -2.51. The summed E-state index contributed by atoms with van der Waals surface area (Å²) < 4.78 is 47.1. The first-order chi connectivity index (χ1) is 13.3. The van der Waals surface area contributed by atoms with Crippen LogP contribution in [0.15, 0.2) is 36.4 Å². The third-order valence-corrected chi connectivity index (χ3v) is 4.62. The summed E-state index contributed by atoms with van der Waals surface area (Å²) in [6.45, 7) is 0.241. The zero-order valence-corrected chi connectivity index (χ0v) is 14.8. The molecule has 1 aliphatic heterocycles. The van der Waals surface area contributed by atoms with Crippen molar-refractivity contribution < 1.29 is 32.9 Å². The van der Waals surface area contributed by atoms with Gasteiger partial charge in [-0.3, -0.25) is 0 Å². The highest BCUT2D eigenvalue weighted by Gasteiger charge is 2.34. The van der Waals surface area contributed by atoms with E-state index in [2.05, 4.69) is 5.32 Å². The molecule has 0 saturated carbocycles. The maximum absolute atomic E-state index is 14.3. The van der Waals surface area contributed by atoms with Crippen molar-refractivity contribution in [2.75, 3.05) is 24.5 Å². The number of amides is 1. The van der Waals surface area contributed by atoms with E-state index in [9.17, 15) is 23.1 Å². The number of carbonyl (C=O) groups is 1. The monoisotopic (exact) mass is 396 g/mol. The first kappa shape index (κ1) is 19.8. The Kier molecular flexibility index (Phi) is 5.64. The van der Waals surface area contributed by atoms with Gasteiger partial charge in [0, 0.05) is 37.8 Å². The Morgan fingerprint density at radius 1 is 1.14 bits per heavy atom. The number of nitrogens with one attached hydrogen (secondary N) is 1. The van der Waals surface area contributed by atoms with Crippen LogP contribution in [-0.4, -0.2) is 41.5 Å². The van der Waals surface area contributed by atoms with Crippen LogP contribution in [0.5, 0.6) is 11.5 Å². The third-order valence-electron chi connectivity index (χ3n) is 4.62. The number of rotatable bonds is 5. The number of benzene rings is 2. The zero-order chi connectivity index (χ0) is 20.3. The Morgan fingerprint density at radius 2 is 1.86 bits per heavy atom. The van der Waals surface area contributed by atoms with Crippen LogP contribution in [0.2, 0.25) is 0 Å². The standard InChI is InChI=1S/C19H19F3N2O4/c20-12-2-1-3-13(8-12)28-14-9-15(21)17(22)16(10-14)24-6-4-19(27,5-7-24)11-23-18(25)26/h1-3,8-10,23,27H,4-7,11H2,(H,25,26). The fourth-order valence-electron chi connectivity index (χ4n) is 3.09. The molecule has 1 heterocycles. The molecule has 0 atom stereocenters. The molecular weight excluding hydrogens is 377 g/mol. The molecule has 1 amide bonds. The van der Waals surface area contributed by atoms with Crippen LogP contribution >= 0.6 is 0 Å². The van der Waals surface area contributed by atoms with E-state index in [0.717, 1.165) is 12.1 Å². The highest BCUT2D eigenvalue weighted by Crippen LogP contribution is 2.33. The molecule has 1 saturated heterocycles. The van der Waals surface area contributed by atoms with Crippen molar-refractivity contribution in [1.29, 1.82) is 0 Å². The van der Waals surface area contributed by atoms with Gasteiger partial charge in [-0.25, -0.2) is 18.0 Å². The number of aliphatic hydroxyl groups is 1. The lowest BCUT2D eigenvalue weighted by molar-refractivity contribution is 0.0172. The Bertz CT molecular complexity index is 870. The van der Waals surface area contributed by atoms with Gasteiger partial charge in [0.15, 0.2) is 11.6 Å². The minimum Gasteiger partial charge on any atom is -0.465 e. The Balaban J connectivity index is 1.75. The van der Waals surface area contributed by atoms with E-state index in [-0.39, 0.29) is 49.7 Å². The van der Waals surface area contributed by atoms with E-state index in [4.69, 9.17) is 9.84 Å². The highest BCUT2D eigenvalue weighted by molar-refractivity contribution is 5.64. The van der Waals surface area contributed by atoms with Gasteiger partial charge in [0.05, 0.1) is 11.3 Å². The van der Waals surface area contributed by atoms with Crippen LogP contribution < -0.4 is 15.0 Å². The second-order valence-electron chi connectivity index (χ2n) is 6.67. The number of hydrogen-bond acceptors (Lipinski definition) is 4. The van der Waals surface area contributed by atoms with Gasteiger partial charge in [-0.15, -0.1) is 0 Å². The van der Waals surface area contributed by atoms with Crippen molar-refractivity contribution in [1.82, 2.24) is 5.32 Å². The molecule has 150 valence electrons. The number of piperidine rings is 1. The van der Waals surface area contributed by atoms with Crippen LogP contribution in [0, 0.1) is 17.5 Å². The van der Waals surface area contributed by atoms with Gasteiger partial charge in [0.25, 0.3) is 0 Å². The minimum absolute atomic E-state index is 0.00730. The van der Waals surface area contributed by atoms with Gasteiger partial charge in [-0.1, -0.05) is 6.07 Å². The molecule has 3 N–H and O–H groups in total. The molecule has 3 rings (SSSR count). The molecule has 1 aliphatic rings. The number of halogens is 3. The molecule has 0 unspecified atom stereocenters. The van der Waals surface area contributed by atoms with Gasteiger partial charge in [-0.05, 0) is 25.0 Å². The highest BCUT2D eigenvalue weighted by atomic mass is 19.2. The number of ether oxygens (including phenoxy) is 1. The average Bonchev–Trinajstić information content (AvgIpc) is 2.64. The van der Waals surface area contributed by atoms with Crippen LogP contribution in [0.1, 0.15) is 12.8 Å². The maximum atomic E-state index is 14.3. The number of anilines is 1. The smallest absolute Gasteiger partial charge is 0.404 e. The molecule has 0 aliphatic carbocycles. The fourth-order valence-corrected chi connectivity index (χ4v) is 3.09. The predicted octanol–water partition coefficient (Wildman–Crippen LogP) is 3.50. The largest absolute Gasteiger partial charge is 0.465 e. The lowest BCUT2D eigenvalue weighted by Gasteiger charge is -2.39. The van der Waals surface area contributed by atoms with Crippen molar-refractivity contribution in [3.8, 4) is 11.5 Å². The van der Waals surface area contributed by atoms with Crippen molar-refractivity contribution in [3.63, 3.8) is 0 Å². The van der Waals surface area contributed by atoms with Crippen LogP contribution in [0.25, 0.3) is 0 Å². The first-order valence-corrected chi connectivity index (χ1v) is 8.62. The number of nitrogens with zero attached hydrogens (tertiary/aromatic N) is 1. The topological polar surface area (TPSA) is 82.0 Å². The van der Waals surface area contributed by atoms with Crippen LogP contribution in [0.4, 0.5) is 23.7 Å². The summed E-state index contributed by atoms with van der Waals surface area (Å²) in [5.74, 6) is -2.54. The maximum Gasteiger partial charge on any atom is 0.404 e. The molecule has 0 radical (unpaired) electrons. The molecule has 9 heteroatoms. The Morgan fingerprint density at radius 3 is 2.50 bits per heavy atom. The van der Waals surface area contributed by atoms with Gasteiger partial charge >= 0.3 is 6.09 Å². The Hall–Kier alpha value is -2.94. The molecule has 2 aromatic rings. The van der Waals surface area contributed by atoms with Gasteiger partial charge < -0.3 is 25.2 Å². The van der Waals surface area contributed by atoms with E-state index in [0.29, 0.717) is 0 Å². The molecule has 1 fully saturated rings. The summed E-state index contributed by atoms with van der Waals surface area (Å²) in [4.78, 5) is 12.1. The fraction of sp³-hybridized carbons (Fsp3) is 0.316. The van der Waals surface area contributed by atoms with Crippen molar-refractivity contribution >= 4 is 11.8 Å². The molecule has 2 aromatic carbocycles. The van der Waals surface area contributed by atoms with E-state index < -0.39 is 29.1 Å². The van der Waals surface area contributed by atoms with E-state index in [1.165, 1.54) is 24.3 Å². The molecular formula is C19H19F3N2O4. The second kappa shape index (κ2) is 7.97. The third kappa shape index (κ3) is 4.66. The average molecular weight is 396 g/mol. The summed E-state index contributed by atoms with van der Waals surface area (Å²) in [5.41, 5.74) is -1.29. The van der Waals surface area contributed by atoms with E-state index in [1.54, 1.807) is 4.90 Å². The minimum atomic E-state index is -1.25. The number of carboxylic acid groups (broad SMARTS) is 1. The lowest BCUT2D eigenvalue weighted by atomic mass is 9.91. The zero-order valence-electron chi connectivity index (χ0n) is 14.8. The van der Waals surface area contributed by atoms with Gasteiger partial charge in [0.2, 0.25) is 0 Å². The molecule has 0 spiro atoms. The number of hydrogen-bond donors (Lipinski definition) is 3. The molecule has 28 heavy (non-hydrogen) atoms. The summed E-state index contributed by atoms with van der Waals surface area (Å²) in [5, 5.41) is 21.2. The summed E-state index contributed by atoms with van der Waals surface area (Å²) in [7, 11) is 0. The summed E-state index contributed by atoms with van der Waals surface area (Å²) in [6, 6.07) is 7.46. The predicted molar refractivity (Wildman–Crippen MR) is 95.3 cm³/mol. The quantitative estimate of drug-likeness (QED) is 0.721. The van der Waals surface area contributed by atoms with E-state index >= 15 is 0 Å². The molecule has 0 aromatic heterocycles. The van der Waals surface area contributed by atoms with Crippen LogP contribution in [-0.2, 0) is 0 Å². The van der Waals surface area contributed by atoms with E-state index in [1.807, 2.05) is 0 Å². The normalized spacial score (nSPS) is 15.9. The van der Waals surface area contributed by atoms with Gasteiger partial charge in [-0.2, -0.15) is 0 Å². The van der Waals surface area contributed by atoms with Crippen molar-refractivity contribution in [2.24, 2.45) is 0 Å². The Labute approximate surface area is 159 Å². The molecule has 0 bridgehead atoms. The summed E-state index contributed by atoms with van der Waals surface area (Å²) in [6.07, 6.45) is -0.904. The first-order valence-electron chi connectivity index (χ1n) is 8.62. The van der Waals surface area contributed by atoms with Crippen molar-refractivity contribution in [3.05, 3.63) is 53.8 Å². The van der Waals surface area contributed by atoms with Crippen LogP contribution in [0.3, 0.4) is 0 Å². The van der Waals surface area contributed by atoms with Gasteiger partial charge in [0.1, 0.15) is 17.3 Å². The second-order valence-corrected chi connectivity index (χ2v) is 6.67. The van der Waals surface area contributed by atoms with Crippen molar-refractivity contribution in [2.45, 2.75) is 18.4 Å². The SMILES string of the molecule is O=C(O)NCC1(O)CCN(c2cc(Oc3cccc(F)c3)cc(F)c2F)CC1.